The van der Waals surface area contributed by atoms with Gasteiger partial charge in [-0.2, -0.15) is 0 Å². The molecule has 3 aromatic rings. The number of aromatic nitrogens is 2. The van der Waals surface area contributed by atoms with Gasteiger partial charge < -0.3 is 25.1 Å². The molecule has 1 aliphatic heterocycles. The van der Waals surface area contributed by atoms with E-state index in [1.54, 1.807) is 25.1 Å². The van der Waals surface area contributed by atoms with E-state index < -0.39 is 11.5 Å². The van der Waals surface area contributed by atoms with E-state index in [2.05, 4.69) is 20.6 Å². The number of nitrogens with one attached hydrogen (secondary N) is 3. The van der Waals surface area contributed by atoms with E-state index in [1.165, 1.54) is 11.3 Å². The van der Waals surface area contributed by atoms with E-state index in [0.717, 1.165) is 16.0 Å². The fourth-order valence-corrected chi connectivity index (χ4v) is 5.47. The lowest BCUT2D eigenvalue weighted by Gasteiger charge is -2.20. The molecule has 10 nitrogen and oxygen atoms in total. The van der Waals surface area contributed by atoms with E-state index in [-0.39, 0.29) is 36.8 Å². The molecule has 0 saturated heterocycles. The molecule has 5 rings (SSSR count). The highest BCUT2D eigenvalue weighted by atomic mass is 32.1. The second-order valence-corrected chi connectivity index (χ2v) is 9.22. The molecule has 11 heteroatoms. The predicted octanol–water partition coefficient (Wildman–Crippen LogP) is 1.91. The van der Waals surface area contributed by atoms with Gasteiger partial charge in [0.15, 0.2) is 6.61 Å². The van der Waals surface area contributed by atoms with Crippen LogP contribution < -0.4 is 20.9 Å². The van der Waals surface area contributed by atoms with E-state index in [4.69, 9.17) is 9.47 Å². The van der Waals surface area contributed by atoms with Gasteiger partial charge in [0.2, 0.25) is 5.82 Å². The highest BCUT2D eigenvalue weighted by molar-refractivity contribution is 7.18. The maximum atomic E-state index is 12.9. The van der Waals surface area contributed by atoms with Gasteiger partial charge in [-0.1, -0.05) is 6.07 Å². The van der Waals surface area contributed by atoms with Crippen LogP contribution in [-0.4, -0.2) is 41.0 Å². The highest BCUT2D eigenvalue weighted by Gasteiger charge is 2.30. The number of benzene rings is 1. The summed E-state index contributed by atoms with van der Waals surface area (Å²) in [7, 11) is 0. The number of aryl methyl sites for hydroxylation is 1. The summed E-state index contributed by atoms with van der Waals surface area (Å²) in [6.45, 7) is 2.23. The van der Waals surface area contributed by atoms with Crippen LogP contribution in [0, 0.1) is 5.92 Å². The Labute approximate surface area is 197 Å². The van der Waals surface area contributed by atoms with Crippen LogP contribution in [0.15, 0.2) is 23.0 Å². The minimum absolute atomic E-state index is 0.0276. The van der Waals surface area contributed by atoms with Gasteiger partial charge in [0, 0.05) is 11.4 Å². The van der Waals surface area contributed by atoms with Gasteiger partial charge in [-0.3, -0.25) is 19.2 Å². The average Bonchev–Trinajstić information content (AvgIpc) is 3.20. The first-order chi connectivity index (χ1) is 16.4. The van der Waals surface area contributed by atoms with Gasteiger partial charge >= 0.3 is 5.97 Å². The van der Waals surface area contributed by atoms with Crippen molar-refractivity contribution in [3.05, 3.63) is 50.4 Å². The number of carbonyl (C=O) groups excluding carboxylic acids is 3. The molecule has 1 aliphatic carbocycles. The molecule has 1 atom stereocenters. The van der Waals surface area contributed by atoms with Crippen molar-refractivity contribution in [2.75, 3.05) is 18.5 Å². The average molecular weight is 483 g/mol. The number of fused-ring (bicyclic) bond motifs is 4. The number of aromatic amines is 1. The summed E-state index contributed by atoms with van der Waals surface area (Å²) in [5.74, 6) is -0.796. The summed E-state index contributed by atoms with van der Waals surface area (Å²) in [6.07, 6.45) is 1.76. The number of rotatable bonds is 5. The number of hydrogen-bond donors (Lipinski definition) is 3. The van der Waals surface area contributed by atoms with Crippen LogP contribution in [0.2, 0.25) is 0 Å². The SMILES string of the molecule is CCOC(=O)C1CCc2sc3nc(C(=O)NCc4ccc5c(c4)NC(=O)CO5)[nH]c(=O)c3c2C1. The molecule has 1 aromatic carbocycles. The van der Waals surface area contributed by atoms with Crippen molar-refractivity contribution >= 4 is 45.0 Å². The maximum absolute atomic E-state index is 12.9. The zero-order chi connectivity index (χ0) is 23.8. The van der Waals surface area contributed by atoms with Crippen LogP contribution in [0.4, 0.5) is 5.69 Å². The number of H-pyrrole nitrogens is 1. The molecule has 2 aliphatic rings. The standard InChI is InChI=1S/C23H22N4O6S/c1-2-32-23(31)12-4-6-16-13(8-12)18-20(29)26-19(27-22(18)34-16)21(30)24-9-11-3-5-15-14(7-11)25-17(28)10-33-15/h3,5,7,12H,2,4,6,8-10H2,1H3,(H,24,30)(H,25,28)(H,26,27,29). The molecule has 0 bridgehead atoms. The van der Waals surface area contributed by atoms with Crippen molar-refractivity contribution < 1.29 is 23.9 Å². The Morgan fingerprint density at radius 1 is 1.32 bits per heavy atom. The van der Waals surface area contributed by atoms with Crippen LogP contribution in [-0.2, 0) is 33.7 Å². The zero-order valence-corrected chi connectivity index (χ0v) is 19.2. The number of thiophene rings is 1. The lowest BCUT2D eigenvalue weighted by Crippen LogP contribution is -2.28. The summed E-state index contributed by atoms with van der Waals surface area (Å²) in [5.41, 5.74) is 1.72. The number of carbonyl (C=O) groups is 3. The first-order valence-electron chi connectivity index (χ1n) is 11.0. The molecule has 2 amide bonds. The molecule has 176 valence electrons. The van der Waals surface area contributed by atoms with Gasteiger partial charge in [0.1, 0.15) is 10.6 Å². The molecule has 3 heterocycles. The number of nitrogens with zero attached hydrogens (tertiary/aromatic N) is 1. The Bertz CT molecular complexity index is 1380. The van der Waals surface area contributed by atoms with Gasteiger partial charge in [-0.25, -0.2) is 4.98 Å². The van der Waals surface area contributed by atoms with E-state index >= 15 is 0 Å². The van der Waals surface area contributed by atoms with E-state index in [0.29, 0.717) is 47.5 Å². The molecule has 0 spiro atoms. The lowest BCUT2D eigenvalue weighted by molar-refractivity contribution is -0.148. The number of esters is 1. The Morgan fingerprint density at radius 3 is 3.00 bits per heavy atom. The summed E-state index contributed by atoms with van der Waals surface area (Å²) >= 11 is 1.39. The summed E-state index contributed by atoms with van der Waals surface area (Å²) in [5, 5.41) is 5.91. The second kappa shape index (κ2) is 8.90. The van der Waals surface area contributed by atoms with Crippen LogP contribution in [0.1, 0.15) is 40.0 Å². The van der Waals surface area contributed by atoms with Crippen LogP contribution in [0.3, 0.4) is 0 Å². The molecule has 34 heavy (non-hydrogen) atoms. The summed E-state index contributed by atoms with van der Waals surface area (Å²) < 4.78 is 10.5. The zero-order valence-electron chi connectivity index (χ0n) is 18.4. The van der Waals surface area contributed by atoms with E-state index in [9.17, 15) is 19.2 Å². The first-order valence-corrected chi connectivity index (χ1v) is 11.8. The highest BCUT2D eigenvalue weighted by Crippen LogP contribution is 2.36. The minimum atomic E-state index is -0.521. The maximum Gasteiger partial charge on any atom is 0.309 e. The fraction of sp³-hybridized carbons (Fsp3) is 0.348. The Kier molecular flexibility index (Phi) is 5.78. The summed E-state index contributed by atoms with van der Waals surface area (Å²) in [6, 6.07) is 5.23. The molecular formula is C23H22N4O6S. The van der Waals surface area contributed by atoms with Gasteiger partial charge in [0.25, 0.3) is 17.4 Å². The number of anilines is 1. The van der Waals surface area contributed by atoms with Crippen molar-refractivity contribution in [3.63, 3.8) is 0 Å². The van der Waals surface area contributed by atoms with Gasteiger partial charge in [-0.15, -0.1) is 11.3 Å². The molecule has 3 N–H and O–H groups in total. The quantitative estimate of drug-likeness (QED) is 0.472. The lowest BCUT2D eigenvalue weighted by atomic mass is 9.87. The van der Waals surface area contributed by atoms with Crippen molar-refractivity contribution in [2.45, 2.75) is 32.7 Å². The van der Waals surface area contributed by atoms with Crippen molar-refractivity contribution in [1.29, 1.82) is 0 Å². The normalized spacial score (nSPS) is 16.7. The van der Waals surface area contributed by atoms with Gasteiger partial charge in [-0.05, 0) is 49.4 Å². The molecule has 0 radical (unpaired) electrons. The number of hydrogen-bond acceptors (Lipinski definition) is 8. The Balaban J connectivity index is 1.33. The minimum Gasteiger partial charge on any atom is -0.482 e. The summed E-state index contributed by atoms with van der Waals surface area (Å²) in [4.78, 5) is 57.8. The Hall–Kier alpha value is -3.73. The topological polar surface area (TPSA) is 139 Å². The third-order valence-corrected chi connectivity index (χ3v) is 7.07. The molecule has 2 aromatic heterocycles. The van der Waals surface area contributed by atoms with Crippen molar-refractivity contribution in [3.8, 4) is 5.75 Å². The molecule has 0 fully saturated rings. The third-order valence-electron chi connectivity index (χ3n) is 5.88. The fourth-order valence-electron chi connectivity index (χ4n) is 4.26. The second-order valence-electron chi connectivity index (χ2n) is 8.14. The van der Waals surface area contributed by atoms with Crippen molar-refractivity contribution in [1.82, 2.24) is 15.3 Å². The Morgan fingerprint density at radius 2 is 2.18 bits per heavy atom. The first kappa shape index (κ1) is 22.1. The molecule has 1 unspecified atom stereocenters. The predicted molar refractivity (Wildman–Crippen MR) is 124 cm³/mol. The van der Waals surface area contributed by atoms with Crippen LogP contribution in [0.25, 0.3) is 10.2 Å². The van der Waals surface area contributed by atoms with Crippen LogP contribution in [0.5, 0.6) is 5.75 Å². The van der Waals surface area contributed by atoms with Crippen LogP contribution >= 0.6 is 11.3 Å². The van der Waals surface area contributed by atoms with Gasteiger partial charge in [0.05, 0.1) is 23.6 Å². The number of ether oxygens (including phenoxy) is 2. The van der Waals surface area contributed by atoms with E-state index in [1.807, 2.05) is 0 Å². The smallest absolute Gasteiger partial charge is 0.309 e. The molecular weight excluding hydrogens is 460 g/mol. The van der Waals surface area contributed by atoms with Crippen molar-refractivity contribution in [2.24, 2.45) is 5.92 Å². The largest absolute Gasteiger partial charge is 0.482 e. The molecule has 0 saturated carbocycles. The third kappa shape index (κ3) is 4.14. The number of amides is 2. The monoisotopic (exact) mass is 482 g/mol.